The van der Waals surface area contributed by atoms with E-state index in [0.717, 1.165) is 22.3 Å². The van der Waals surface area contributed by atoms with E-state index in [1.54, 1.807) is 0 Å². The minimum atomic E-state index is -1.19. The number of fused-ring (bicyclic) bond motifs is 3. The van der Waals surface area contributed by atoms with Crippen LogP contribution in [0.4, 0.5) is 4.79 Å². The molecule has 0 unspecified atom stereocenters. The standard InChI is InChI=1S/C27H28N2O6/c1-27(2,3)23(24(30)28-14-16-12-13-22(35-16)25(31)32)29-26(33)34-15-21-19-10-6-4-8-17(19)18-9-5-7-11-20(18)21/h4-13,21,23H,14-15H2,1-3H3,(H,28,30)(H,29,33)(H,31,32)/t23-/m1/s1. The van der Waals surface area contributed by atoms with Crippen LogP contribution in [-0.4, -0.2) is 35.7 Å². The molecule has 2 amide bonds. The van der Waals surface area contributed by atoms with Crippen LogP contribution < -0.4 is 10.6 Å². The first-order valence-corrected chi connectivity index (χ1v) is 11.4. The number of benzene rings is 2. The van der Waals surface area contributed by atoms with Gasteiger partial charge in [-0.05, 0) is 39.8 Å². The second kappa shape index (κ2) is 9.66. The predicted molar refractivity (Wildman–Crippen MR) is 129 cm³/mol. The molecule has 0 spiro atoms. The highest BCUT2D eigenvalue weighted by molar-refractivity contribution is 5.87. The summed E-state index contributed by atoms with van der Waals surface area (Å²) in [6, 6.07) is 18.0. The Hall–Kier alpha value is -4.07. The number of nitrogens with one attached hydrogen (secondary N) is 2. The molecule has 8 heteroatoms. The van der Waals surface area contributed by atoms with E-state index in [1.165, 1.54) is 12.1 Å². The summed E-state index contributed by atoms with van der Waals surface area (Å²) in [5.41, 5.74) is 3.86. The van der Waals surface area contributed by atoms with Crippen LogP contribution in [0.25, 0.3) is 11.1 Å². The molecule has 182 valence electrons. The van der Waals surface area contributed by atoms with Crippen molar-refractivity contribution >= 4 is 18.0 Å². The molecule has 0 fully saturated rings. The van der Waals surface area contributed by atoms with Gasteiger partial charge in [0.25, 0.3) is 0 Å². The zero-order valence-electron chi connectivity index (χ0n) is 19.8. The Morgan fingerprint density at radius 2 is 1.57 bits per heavy atom. The van der Waals surface area contributed by atoms with Crippen molar-refractivity contribution in [2.75, 3.05) is 6.61 Å². The Morgan fingerprint density at radius 1 is 0.971 bits per heavy atom. The highest BCUT2D eigenvalue weighted by Gasteiger charge is 2.34. The van der Waals surface area contributed by atoms with Gasteiger partial charge in [-0.25, -0.2) is 9.59 Å². The van der Waals surface area contributed by atoms with E-state index in [9.17, 15) is 14.4 Å². The number of carbonyl (C=O) groups excluding carboxylic acids is 2. The van der Waals surface area contributed by atoms with Crippen LogP contribution >= 0.6 is 0 Å². The average Bonchev–Trinajstić information content (AvgIpc) is 3.42. The highest BCUT2D eigenvalue weighted by atomic mass is 16.5. The number of hydrogen-bond acceptors (Lipinski definition) is 5. The average molecular weight is 477 g/mol. The van der Waals surface area contributed by atoms with Gasteiger partial charge in [0, 0.05) is 5.92 Å². The zero-order valence-corrected chi connectivity index (χ0v) is 19.8. The van der Waals surface area contributed by atoms with E-state index >= 15 is 0 Å². The monoisotopic (exact) mass is 476 g/mol. The lowest BCUT2D eigenvalue weighted by molar-refractivity contribution is -0.125. The molecular formula is C27H28N2O6. The van der Waals surface area contributed by atoms with Gasteiger partial charge in [-0.1, -0.05) is 69.3 Å². The Bertz CT molecular complexity index is 1210. The molecular weight excluding hydrogens is 448 g/mol. The third-order valence-electron chi connectivity index (χ3n) is 6.04. The van der Waals surface area contributed by atoms with Crippen molar-refractivity contribution in [2.45, 2.75) is 39.3 Å². The van der Waals surface area contributed by atoms with Gasteiger partial charge in [-0.3, -0.25) is 4.79 Å². The van der Waals surface area contributed by atoms with E-state index in [-0.39, 0.29) is 24.8 Å². The quantitative estimate of drug-likeness (QED) is 0.461. The van der Waals surface area contributed by atoms with E-state index < -0.39 is 29.4 Å². The lowest BCUT2D eigenvalue weighted by atomic mass is 9.86. The van der Waals surface area contributed by atoms with Crippen LogP contribution in [0.3, 0.4) is 0 Å². The number of ether oxygens (including phenoxy) is 1. The molecule has 35 heavy (non-hydrogen) atoms. The molecule has 1 atom stereocenters. The van der Waals surface area contributed by atoms with Crippen LogP contribution in [0.2, 0.25) is 0 Å². The molecule has 3 aromatic rings. The summed E-state index contributed by atoms with van der Waals surface area (Å²) in [5, 5.41) is 14.3. The van der Waals surface area contributed by atoms with Gasteiger partial charge in [-0.15, -0.1) is 0 Å². The normalized spacial score (nSPS) is 13.5. The third kappa shape index (κ3) is 5.21. The van der Waals surface area contributed by atoms with Crippen molar-refractivity contribution in [3.05, 3.63) is 83.3 Å². The number of alkyl carbamates (subject to hydrolysis) is 1. The summed E-state index contributed by atoms with van der Waals surface area (Å²) in [6.07, 6.45) is -0.687. The Morgan fingerprint density at radius 3 is 2.11 bits per heavy atom. The van der Waals surface area contributed by atoms with Crippen molar-refractivity contribution < 1.29 is 28.6 Å². The van der Waals surface area contributed by atoms with Gasteiger partial charge in [0.2, 0.25) is 11.7 Å². The molecule has 0 bridgehead atoms. The van der Waals surface area contributed by atoms with Crippen molar-refractivity contribution in [2.24, 2.45) is 5.41 Å². The number of carboxylic acids is 1. The maximum absolute atomic E-state index is 12.9. The van der Waals surface area contributed by atoms with Gasteiger partial charge in [-0.2, -0.15) is 0 Å². The van der Waals surface area contributed by atoms with E-state index in [2.05, 4.69) is 22.8 Å². The number of carboxylic acid groups (broad SMARTS) is 1. The van der Waals surface area contributed by atoms with Gasteiger partial charge in [0.1, 0.15) is 18.4 Å². The lowest BCUT2D eigenvalue weighted by Gasteiger charge is -2.30. The first-order chi connectivity index (χ1) is 16.6. The number of amides is 2. The minimum absolute atomic E-state index is 0.00887. The minimum Gasteiger partial charge on any atom is -0.475 e. The molecule has 2 aromatic carbocycles. The molecule has 1 aliphatic carbocycles. The molecule has 1 aliphatic rings. The fraction of sp³-hybridized carbons (Fsp3) is 0.296. The number of rotatable bonds is 7. The first-order valence-electron chi connectivity index (χ1n) is 11.4. The second-order valence-corrected chi connectivity index (χ2v) is 9.56. The van der Waals surface area contributed by atoms with Crippen LogP contribution in [0.15, 0.2) is 65.1 Å². The molecule has 8 nitrogen and oxygen atoms in total. The van der Waals surface area contributed by atoms with Crippen molar-refractivity contribution in [1.82, 2.24) is 10.6 Å². The second-order valence-electron chi connectivity index (χ2n) is 9.56. The summed E-state index contributed by atoms with van der Waals surface area (Å²) in [4.78, 5) is 36.6. The number of aromatic carboxylic acids is 1. The van der Waals surface area contributed by atoms with Crippen molar-refractivity contribution in [3.8, 4) is 11.1 Å². The van der Waals surface area contributed by atoms with Gasteiger partial charge in [0.05, 0.1) is 6.54 Å². The van der Waals surface area contributed by atoms with Crippen LogP contribution in [0.5, 0.6) is 0 Å². The molecule has 0 saturated heterocycles. The fourth-order valence-corrected chi connectivity index (χ4v) is 4.30. The van der Waals surface area contributed by atoms with Crippen LogP contribution in [-0.2, 0) is 16.1 Å². The van der Waals surface area contributed by atoms with Gasteiger partial charge < -0.3 is 24.9 Å². The predicted octanol–water partition coefficient (Wildman–Crippen LogP) is 4.55. The lowest BCUT2D eigenvalue weighted by Crippen LogP contribution is -2.53. The summed E-state index contributed by atoms with van der Waals surface area (Å²) in [5.74, 6) is -1.62. The topological polar surface area (TPSA) is 118 Å². The molecule has 4 rings (SSSR count). The maximum atomic E-state index is 12.9. The maximum Gasteiger partial charge on any atom is 0.407 e. The smallest absolute Gasteiger partial charge is 0.407 e. The molecule has 0 saturated carbocycles. The summed E-state index contributed by atoms with van der Waals surface area (Å²) in [6.45, 7) is 5.62. The van der Waals surface area contributed by atoms with E-state index in [4.69, 9.17) is 14.3 Å². The number of hydrogen-bond donors (Lipinski definition) is 3. The van der Waals surface area contributed by atoms with Gasteiger partial charge in [0.15, 0.2) is 0 Å². The van der Waals surface area contributed by atoms with Crippen LogP contribution in [0, 0.1) is 5.41 Å². The van der Waals surface area contributed by atoms with Crippen molar-refractivity contribution in [3.63, 3.8) is 0 Å². The molecule has 1 heterocycles. The molecule has 3 N–H and O–H groups in total. The van der Waals surface area contributed by atoms with E-state index in [0.29, 0.717) is 5.76 Å². The Balaban J connectivity index is 1.39. The summed E-state index contributed by atoms with van der Waals surface area (Å²) >= 11 is 0. The van der Waals surface area contributed by atoms with Crippen LogP contribution in [0.1, 0.15) is 54.1 Å². The molecule has 1 aromatic heterocycles. The first kappa shape index (κ1) is 24.1. The van der Waals surface area contributed by atoms with Gasteiger partial charge >= 0.3 is 12.1 Å². The molecule has 0 radical (unpaired) electrons. The third-order valence-corrected chi connectivity index (χ3v) is 6.04. The summed E-state index contributed by atoms with van der Waals surface area (Å²) < 4.78 is 10.8. The highest BCUT2D eigenvalue weighted by Crippen LogP contribution is 2.44. The Kier molecular flexibility index (Phi) is 6.64. The van der Waals surface area contributed by atoms with Crippen molar-refractivity contribution in [1.29, 1.82) is 0 Å². The SMILES string of the molecule is CC(C)(C)[C@H](NC(=O)OCC1c2ccccc2-c2ccccc21)C(=O)NCc1ccc(C(=O)O)o1. The largest absolute Gasteiger partial charge is 0.475 e. The fourth-order valence-electron chi connectivity index (χ4n) is 4.30. The number of carbonyl (C=O) groups is 3. The van der Waals surface area contributed by atoms with E-state index in [1.807, 2.05) is 57.2 Å². The zero-order chi connectivity index (χ0) is 25.2. The summed E-state index contributed by atoms with van der Waals surface area (Å²) in [7, 11) is 0. The number of furan rings is 1. The molecule has 0 aliphatic heterocycles. The Labute approximate surface area is 203 Å².